The number of hydrogen-bond donors (Lipinski definition) is 1. The van der Waals surface area contributed by atoms with Gasteiger partial charge < -0.3 is 10.2 Å². The molecule has 1 aliphatic heterocycles. The van der Waals surface area contributed by atoms with Gasteiger partial charge in [-0.3, -0.25) is 4.79 Å². The highest BCUT2D eigenvalue weighted by atomic mass is 79.9. The Morgan fingerprint density at radius 2 is 2.35 bits per heavy atom. The molecule has 0 aliphatic carbocycles. The molecule has 1 heterocycles. The lowest BCUT2D eigenvalue weighted by Gasteiger charge is -2.32. The molecular weight excluding hydrogens is 304 g/mol. The van der Waals surface area contributed by atoms with Crippen molar-refractivity contribution in [2.75, 3.05) is 19.6 Å². The maximum Gasteiger partial charge on any atom is 0.255 e. The minimum atomic E-state index is 0.0573. The Bertz CT molecular complexity index is 439. The van der Waals surface area contributed by atoms with Gasteiger partial charge in [0.25, 0.3) is 5.91 Å². The summed E-state index contributed by atoms with van der Waals surface area (Å²) in [6, 6.07) is 5.60. The fraction of sp³-hybridized carbons (Fsp3) is 0.417. The Hall–Kier alpha value is -0.580. The van der Waals surface area contributed by atoms with Crippen LogP contribution in [0.4, 0.5) is 0 Å². The van der Waals surface area contributed by atoms with Gasteiger partial charge in [-0.25, -0.2) is 0 Å². The standard InChI is InChI=1S/C12H14BrClN2O/c1-8-7-16(5-4-15-8)12(17)10-3-2-9(14)6-11(10)13/h2-3,6,8,15H,4-5,7H2,1H3/t8-/m1/s1. The van der Waals surface area contributed by atoms with Crippen LogP contribution in [-0.4, -0.2) is 36.5 Å². The molecular formula is C12H14BrClN2O. The molecule has 2 rings (SSSR count). The number of carbonyl (C=O) groups is 1. The largest absolute Gasteiger partial charge is 0.336 e. The summed E-state index contributed by atoms with van der Waals surface area (Å²) < 4.78 is 0.751. The smallest absolute Gasteiger partial charge is 0.255 e. The van der Waals surface area contributed by atoms with Gasteiger partial charge >= 0.3 is 0 Å². The normalized spacial score (nSPS) is 20.4. The van der Waals surface area contributed by atoms with E-state index >= 15 is 0 Å². The Labute approximate surface area is 114 Å². The lowest BCUT2D eigenvalue weighted by molar-refractivity contribution is 0.0708. The predicted molar refractivity (Wildman–Crippen MR) is 72.5 cm³/mol. The van der Waals surface area contributed by atoms with E-state index < -0.39 is 0 Å². The van der Waals surface area contributed by atoms with E-state index in [0.29, 0.717) is 16.6 Å². The number of rotatable bonds is 1. The highest BCUT2D eigenvalue weighted by Crippen LogP contribution is 2.23. The van der Waals surface area contributed by atoms with E-state index in [0.717, 1.165) is 24.1 Å². The van der Waals surface area contributed by atoms with Crippen LogP contribution < -0.4 is 5.32 Å². The first-order valence-corrected chi connectivity index (χ1v) is 6.72. The van der Waals surface area contributed by atoms with Crippen LogP contribution in [0.15, 0.2) is 22.7 Å². The summed E-state index contributed by atoms with van der Waals surface area (Å²) in [5.41, 5.74) is 0.670. The summed E-state index contributed by atoms with van der Waals surface area (Å²) in [6.45, 7) is 4.42. The molecule has 0 saturated carbocycles. The SMILES string of the molecule is C[C@@H]1CN(C(=O)c2ccc(Cl)cc2Br)CCN1. The van der Waals surface area contributed by atoms with E-state index in [1.807, 2.05) is 4.90 Å². The van der Waals surface area contributed by atoms with Crippen molar-refractivity contribution in [1.82, 2.24) is 10.2 Å². The van der Waals surface area contributed by atoms with Gasteiger partial charge in [-0.05, 0) is 41.1 Å². The van der Waals surface area contributed by atoms with Crippen molar-refractivity contribution < 1.29 is 4.79 Å². The lowest BCUT2D eigenvalue weighted by atomic mass is 10.1. The first kappa shape index (κ1) is 12.9. The topological polar surface area (TPSA) is 32.3 Å². The molecule has 1 atom stereocenters. The molecule has 92 valence electrons. The molecule has 0 radical (unpaired) electrons. The highest BCUT2D eigenvalue weighted by molar-refractivity contribution is 9.10. The highest BCUT2D eigenvalue weighted by Gasteiger charge is 2.22. The number of benzene rings is 1. The van der Waals surface area contributed by atoms with Crippen molar-refractivity contribution >= 4 is 33.4 Å². The monoisotopic (exact) mass is 316 g/mol. The van der Waals surface area contributed by atoms with Crippen molar-refractivity contribution in [3.63, 3.8) is 0 Å². The molecule has 0 aromatic heterocycles. The van der Waals surface area contributed by atoms with Crippen molar-refractivity contribution in [2.45, 2.75) is 13.0 Å². The van der Waals surface area contributed by atoms with Crippen LogP contribution in [-0.2, 0) is 0 Å². The molecule has 3 nitrogen and oxygen atoms in total. The Kier molecular flexibility index (Phi) is 4.07. The van der Waals surface area contributed by atoms with Crippen LogP contribution in [0.1, 0.15) is 17.3 Å². The zero-order chi connectivity index (χ0) is 12.4. The van der Waals surface area contributed by atoms with Gasteiger partial charge in [0.05, 0.1) is 5.56 Å². The molecule has 1 aromatic rings. The lowest BCUT2D eigenvalue weighted by Crippen LogP contribution is -2.51. The number of halogens is 2. The van der Waals surface area contributed by atoms with Gasteiger partial charge in [0.2, 0.25) is 0 Å². The maximum atomic E-state index is 12.3. The number of nitrogens with one attached hydrogen (secondary N) is 1. The minimum absolute atomic E-state index is 0.0573. The van der Waals surface area contributed by atoms with Crippen molar-refractivity contribution in [2.24, 2.45) is 0 Å². The molecule has 1 saturated heterocycles. The van der Waals surface area contributed by atoms with Crippen LogP contribution in [0.25, 0.3) is 0 Å². The molecule has 5 heteroatoms. The Morgan fingerprint density at radius 1 is 1.59 bits per heavy atom. The molecule has 17 heavy (non-hydrogen) atoms. The average molecular weight is 318 g/mol. The van der Waals surface area contributed by atoms with Crippen molar-refractivity contribution in [1.29, 1.82) is 0 Å². The molecule has 1 aromatic carbocycles. The van der Waals surface area contributed by atoms with E-state index in [4.69, 9.17) is 11.6 Å². The van der Waals surface area contributed by atoms with Crippen LogP contribution in [0.2, 0.25) is 5.02 Å². The van der Waals surface area contributed by atoms with Gasteiger partial charge in [-0.2, -0.15) is 0 Å². The number of hydrogen-bond acceptors (Lipinski definition) is 2. The summed E-state index contributed by atoms with van der Waals surface area (Å²) >= 11 is 9.25. The third-order valence-corrected chi connectivity index (χ3v) is 3.71. The minimum Gasteiger partial charge on any atom is -0.336 e. The molecule has 1 N–H and O–H groups in total. The van der Waals surface area contributed by atoms with E-state index in [1.54, 1.807) is 18.2 Å². The molecule has 1 fully saturated rings. The number of carbonyl (C=O) groups excluding carboxylic acids is 1. The van der Waals surface area contributed by atoms with Gasteiger partial charge in [0.1, 0.15) is 0 Å². The zero-order valence-electron chi connectivity index (χ0n) is 9.54. The van der Waals surface area contributed by atoms with Crippen molar-refractivity contribution in [3.8, 4) is 0 Å². The summed E-state index contributed by atoms with van der Waals surface area (Å²) in [6.07, 6.45) is 0. The maximum absolute atomic E-state index is 12.3. The number of nitrogens with zero attached hydrogens (tertiary/aromatic N) is 1. The van der Waals surface area contributed by atoms with Gasteiger partial charge in [-0.15, -0.1) is 0 Å². The number of piperazine rings is 1. The van der Waals surface area contributed by atoms with E-state index in [9.17, 15) is 4.79 Å². The van der Waals surface area contributed by atoms with Crippen LogP contribution in [0.5, 0.6) is 0 Å². The molecule has 1 aliphatic rings. The predicted octanol–water partition coefficient (Wildman–Crippen LogP) is 2.54. The Morgan fingerprint density at radius 3 is 3.00 bits per heavy atom. The average Bonchev–Trinajstić information content (AvgIpc) is 2.28. The fourth-order valence-electron chi connectivity index (χ4n) is 1.95. The summed E-state index contributed by atoms with van der Waals surface area (Å²) in [5.74, 6) is 0.0573. The van der Waals surface area contributed by atoms with Crippen molar-refractivity contribution in [3.05, 3.63) is 33.3 Å². The Balaban J connectivity index is 2.18. The second-order valence-electron chi connectivity index (χ2n) is 4.23. The van der Waals surface area contributed by atoms with Crippen LogP contribution in [0.3, 0.4) is 0 Å². The number of amides is 1. The second kappa shape index (κ2) is 5.38. The third-order valence-electron chi connectivity index (χ3n) is 2.82. The van der Waals surface area contributed by atoms with Gasteiger partial charge in [0, 0.05) is 35.2 Å². The molecule has 0 bridgehead atoms. The summed E-state index contributed by atoms with van der Waals surface area (Å²) in [5, 5.41) is 3.94. The first-order valence-electron chi connectivity index (χ1n) is 5.55. The van der Waals surface area contributed by atoms with E-state index in [1.165, 1.54) is 0 Å². The van der Waals surface area contributed by atoms with Crippen LogP contribution in [0, 0.1) is 0 Å². The quantitative estimate of drug-likeness (QED) is 0.863. The van der Waals surface area contributed by atoms with Crippen LogP contribution >= 0.6 is 27.5 Å². The van der Waals surface area contributed by atoms with E-state index in [2.05, 4.69) is 28.2 Å². The van der Waals surface area contributed by atoms with E-state index in [-0.39, 0.29) is 5.91 Å². The fourth-order valence-corrected chi connectivity index (χ4v) is 2.80. The third kappa shape index (κ3) is 3.00. The first-order chi connectivity index (χ1) is 8.08. The molecule has 0 spiro atoms. The van der Waals surface area contributed by atoms with Gasteiger partial charge in [0.15, 0.2) is 0 Å². The zero-order valence-corrected chi connectivity index (χ0v) is 11.9. The summed E-state index contributed by atoms with van der Waals surface area (Å²) in [7, 11) is 0. The summed E-state index contributed by atoms with van der Waals surface area (Å²) in [4.78, 5) is 14.2. The van der Waals surface area contributed by atoms with Gasteiger partial charge in [-0.1, -0.05) is 11.6 Å². The molecule has 0 unspecified atom stereocenters. The molecule has 1 amide bonds. The second-order valence-corrected chi connectivity index (χ2v) is 5.52.